The average molecular weight is 488 g/mol. The van der Waals surface area contributed by atoms with E-state index in [9.17, 15) is 9.59 Å². The van der Waals surface area contributed by atoms with E-state index in [1.54, 1.807) is 0 Å². The topological polar surface area (TPSA) is 135 Å². The Morgan fingerprint density at radius 1 is 0.353 bits per heavy atom. The van der Waals surface area contributed by atoms with Crippen LogP contribution in [0.5, 0.6) is 0 Å². The zero-order chi connectivity index (χ0) is 25.0. The zero-order valence-corrected chi connectivity index (χ0v) is 21.5. The van der Waals surface area contributed by atoms with E-state index < -0.39 is 11.9 Å². The van der Waals surface area contributed by atoms with Crippen LogP contribution in [0, 0.1) is 0 Å². The standard InChI is InChI=1S/C25H53N5O4/c31-24(32)12-8-5-3-1-2-4-6-10-14-26-16-18-28-20-22-30-23-21-29-19-17-27-15-11-7-9-13-25(33)34/h26-30H,1-23H2,(H,31,32)(H,33,34). The first-order valence-corrected chi connectivity index (χ1v) is 13.6. The first kappa shape index (κ1) is 32.7. The van der Waals surface area contributed by atoms with E-state index in [-0.39, 0.29) is 6.42 Å². The molecule has 0 heterocycles. The van der Waals surface area contributed by atoms with Gasteiger partial charge in [0.25, 0.3) is 0 Å². The molecule has 34 heavy (non-hydrogen) atoms. The summed E-state index contributed by atoms with van der Waals surface area (Å²) in [5, 5.41) is 34.3. The maximum atomic E-state index is 10.4. The van der Waals surface area contributed by atoms with Crippen molar-refractivity contribution in [2.45, 2.75) is 83.5 Å². The number of rotatable bonds is 29. The smallest absolute Gasteiger partial charge is 0.303 e. The van der Waals surface area contributed by atoms with E-state index in [0.717, 1.165) is 97.6 Å². The van der Waals surface area contributed by atoms with Crippen molar-refractivity contribution in [3.05, 3.63) is 0 Å². The highest BCUT2D eigenvalue weighted by atomic mass is 16.4. The molecule has 0 aliphatic rings. The molecule has 0 unspecified atom stereocenters. The fourth-order valence-corrected chi connectivity index (χ4v) is 3.62. The molecule has 0 aromatic carbocycles. The van der Waals surface area contributed by atoms with E-state index >= 15 is 0 Å². The molecule has 0 amide bonds. The van der Waals surface area contributed by atoms with Gasteiger partial charge in [0.1, 0.15) is 0 Å². The fraction of sp³-hybridized carbons (Fsp3) is 0.920. The third-order valence-corrected chi connectivity index (χ3v) is 5.65. The lowest BCUT2D eigenvalue weighted by Crippen LogP contribution is -2.36. The van der Waals surface area contributed by atoms with Crippen LogP contribution in [-0.2, 0) is 9.59 Å². The van der Waals surface area contributed by atoms with Gasteiger partial charge in [-0.05, 0) is 38.8 Å². The fourth-order valence-electron chi connectivity index (χ4n) is 3.62. The van der Waals surface area contributed by atoms with Crippen LogP contribution in [0.25, 0.3) is 0 Å². The molecule has 0 aromatic heterocycles. The van der Waals surface area contributed by atoms with Crippen LogP contribution in [0.15, 0.2) is 0 Å². The number of carboxylic acids is 2. The molecule has 0 saturated heterocycles. The Kier molecular flexibility index (Phi) is 26.9. The molecular formula is C25H53N5O4. The van der Waals surface area contributed by atoms with Gasteiger partial charge in [-0.2, -0.15) is 0 Å². The predicted molar refractivity (Wildman–Crippen MR) is 140 cm³/mol. The average Bonchev–Trinajstić information content (AvgIpc) is 2.80. The first-order chi connectivity index (χ1) is 16.6. The van der Waals surface area contributed by atoms with Gasteiger partial charge in [-0.1, -0.05) is 44.9 Å². The van der Waals surface area contributed by atoms with Gasteiger partial charge >= 0.3 is 11.9 Å². The van der Waals surface area contributed by atoms with Gasteiger partial charge in [0.2, 0.25) is 0 Å². The minimum Gasteiger partial charge on any atom is -0.481 e. The Hall–Kier alpha value is -1.26. The van der Waals surface area contributed by atoms with Crippen LogP contribution in [-0.4, -0.2) is 87.6 Å². The van der Waals surface area contributed by atoms with Crippen LogP contribution in [0.1, 0.15) is 83.5 Å². The Balaban J connectivity index is 3.03. The molecule has 0 bridgehead atoms. The molecule has 0 aromatic rings. The van der Waals surface area contributed by atoms with Crippen LogP contribution in [0.2, 0.25) is 0 Å². The Bertz CT molecular complexity index is 415. The lowest BCUT2D eigenvalue weighted by Gasteiger charge is -2.09. The number of aliphatic carboxylic acids is 2. The molecule has 0 aliphatic carbocycles. The summed E-state index contributed by atoms with van der Waals surface area (Å²) < 4.78 is 0. The zero-order valence-electron chi connectivity index (χ0n) is 21.5. The maximum absolute atomic E-state index is 10.4. The largest absolute Gasteiger partial charge is 0.481 e. The molecule has 0 spiro atoms. The minimum absolute atomic E-state index is 0.281. The number of hydrogen-bond donors (Lipinski definition) is 7. The van der Waals surface area contributed by atoms with E-state index in [2.05, 4.69) is 26.6 Å². The van der Waals surface area contributed by atoms with E-state index in [0.29, 0.717) is 6.42 Å². The Morgan fingerprint density at radius 3 is 0.912 bits per heavy atom. The molecule has 0 atom stereocenters. The van der Waals surface area contributed by atoms with Crippen molar-refractivity contribution < 1.29 is 19.8 Å². The highest BCUT2D eigenvalue weighted by molar-refractivity contribution is 5.66. The number of carbonyl (C=O) groups is 2. The van der Waals surface area contributed by atoms with Crippen molar-refractivity contribution in [1.29, 1.82) is 0 Å². The summed E-state index contributed by atoms with van der Waals surface area (Å²) in [5.74, 6) is -1.38. The van der Waals surface area contributed by atoms with Gasteiger partial charge < -0.3 is 36.8 Å². The predicted octanol–water partition coefficient (Wildman–Crippen LogP) is 2.17. The highest BCUT2D eigenvalue weighted by Crippen LogP contribution is 2.09. The summed E-state index contributed by atoms with van der Waals surface area (Å²) in [5.41, 5.74) is 0. The third kappa shape index (κ3) is 30.7. The molecule has 7 N–H and O–H groups in total. The van der Waals surface area contributed by atoms with E-state index in [1.165, 1.54) is 38.5 Å². The van der Waals surface area contributed by atoms with Crippen LogP contribution in [0.4, 0.5) is 0 Å². The Labute approximate surface area is 207 Å². The molecule has 9 heteroatoms. The van der Waals surface area contributed by atoms with E-state index in [4.69, 9.17) is 10.2 Å². The maximum Gasteiger partial charge on any atom is 0.303 e. The van der Waals surface area contributed by atoms with Crippen molar-refractivity contribution in [1.82, 2.24) is 26.6 Å². The summed E-state index contributed by atoms with van der Waals surface area (Å²) in [6.45, 7) is 9.85. The summed E-state index contributed by atoms with van der Waals surface area (Å²) in [7, 11) is 0. The van der Waals surface area contributed by atoms with Crippen LogP contribution >= 0.6 is 0 Å². The molecule has 202 valence electrons. The van der Waals surface area contributed by atoms with Crippen molar-refractivity contribution in [3.63, 3.8) is 0 Å². The molecule has 0 aliphatic heterocycles. The van der Waals surface area contributed by atoms with Crippen molar-refractivity contribution >= 4 is 11.9 Å². The van der Waals surface area contributed by atoms with Gasteiger partial charge in [-0.25, -0.2) is 0 Å². The van der Waals surface area contributed by atoms with Crippen molar-refractivity contribution in [3.8, 4) is 0 Å². The Morgan fingerprint density at radius 2 is 0.588 bits per heavy atom. The quantitative estimate of drug-likeness (QED) is 0.0792. The van der Waals surface area contributed by atoms with Gasteiger partial charge in [-0.15, -0.1) is 0 Å². The molecule has 0 saturated carbocycles. The van der Waals surface area contributed by atoms with E-state index in [1.807, 2.05) is 0 Å². The second-order valence-electron chi connectivity index (χ2n) is 8.93. The molecule has 9 nitrogen and oxygen atoms in total. The first-order valence-electron chi connectivity index (χ1n) is 13.6. The molecule has 0 rings (SSSR count). The summed E-state index contributed by atoms with van der Waals surface area (Å²) >= 11 is 0. The monoisotopic (exact) mass is 487 g/mol. The SMILES string of the molecule is O=C(O)CCCCCCCCCCNCCNCCNCCNCCNCCCCCC(=O)O. The number of unbranched alkanes of at least 4 members (excludes halogenated alkanes) is 9. The number of carboxylic acid groups (broad SMARTS) is 2. The minimum atomic E-state index is -0.701. The van der Waals surface area contributed by atoms with Gasteiger partial charge in [-0.3, -0.25) is 9.59 Å². The van der Waals surface area contributed by atoms with Gasteiger partial charge in [0, 0.05) is 65.2 Å². The highest BCUT2D eigenvalue weighted by Gasteiger charge is 1.98. The second kappa shape index (κ2) is 28.0. The summed E-state index contributed by atoms with van der Waals surface area (Å²) in [4.78, 5) is 20.8. The second-order valence-corrected chi connectivity index (χ2v) is 8.93. The lowest BCUT2D eigenvalue weighted by atomic mass is 10.1. The molecule has 0 radical (unpaired) electrons. The summed E-state index contributed by atoms with van der Waals surface area (Å²) in [6, 6.07) is 0. The summed E-state index contributed by atoms with van der Waals surface area (Å²) in [6.07, 6.45) is 12.7. The van der Waals surface area contributed by atoms with Crippen LogP contribution < -0.4 is 26.6 Å². The lowest BCUT2D eigenvalue weighted by molar-refractivity contribution is -0.138. The third-order valence-electron chi connectivity index (χ3n) is 5.65. The number of nitrogens with one attached hydrogen (secondary N) is 5. The van der Waals surface area contributed by atoms with Crippen molar-refractivity contribution in [2.75, 3.05) is 65.4 Å². The van der Waals surface area contributed by atoms with Crippen molar-refractivity contribution in [2.24, 2.45) is 0 Å². The normalized spacial score (nSPS) is 11.2. The molecular weight excluding hydrogens is 434 g/mol. The van der Waals surface area contributed by atoms with Gasteiger partial charge in [0.15, 0.2) is 0 Å². The molecule has 0 fully saturated rings. The number of hydrogen-bond acceptors (Lipinski definition) is 7. The van der Waals surface area contributed by atoms with Crippen LogP contribution in [0.3, 0.4) is 0 Å². The van der Waals surface area contributed by atoms with Gasteiger partial charge in [0.05, 0.1) is 0 Å².